The lowest BCUT2D eigenvalue weighted by Crippen LogP contribution is -2.50. The number of amides is 1. The highest BCUT2D eigenvalue weighted by Crippen LogP contribution is 2.44. The van der Waals surface area contributed by atoms with Crippen LogP contribution in [0.15, 0.2) is 0 Å². The predicted molar refractivity (Wildman–Crippen MR) is 83.6 cm³/mol. The Morgan fingerprint density at radius 2 is 1.71 bits per heavy atom. The first-order valence-electron chi connectivity index (χ1n) is 8.03. The van der Waals surface area contributed by atoms with Crippen LogP contribution < -0.4 is 5.73 Å². The molecule has 1 aliphatic heterocycles. The highest BCUT2D eigenvalue weighted by Gasteiger charge is 2.37. The lowest BCUT2D eigenvalue weighted by Gasteiger charge is -2.44. The first kappa shape index (κ1) is 16.7. The van der Waals surface area contributed by atoms with Crippen LogP contribution in [-0.4, -0.2) is 50.4 Å². The third-order valence-electron chi connectivity index (χ3n) is 5.17. The molecule has 0 aromatic rings. The van der Waals surface area contributed by atoms with Crippen LogP contribution in [0.4, 0.5) is 0 Å². The van der Waals surface area contributed by atoms with E-state index < -0.39 is 15.9 Å². The highest BCUT2D eigenvalue weighted by molar-refractivity contribution is 7.90. The topological polar surface area (TPSA) is 80.5 Å². The lowest BCUT2D eigenvalue weighted by molar-refractivity contribution is -0.135. The van der Waals surface area contributed by atoms with Crippen molar-refractivity contribution in [1.82, 2.24) is 4.90 Å². The molecule has 1 amide bonds. The number of nitrogens with zero attached hydrogens (tertiary/aromatic N) is 1. The first-order valence-corrected chi connectivity index (χ1v) is 10.1. The van der Waals surface area contributed by atoms with Gasteiger partial charge in [0.2, 0.25) is 5.91 Å². The standard InChI is InChI=1S/C15H28N2O3S/c1-21(19,20)12-5-13(16)14(18)17-10-8-15(9-11-17)6-3-2-4-7-15/h13H,2-12,16H2,1H3/t13-/m1/s1. The Bertz CT molecular complexity index is 459. The zero-order valence-electron chi connectivity index (χ0n) is 13.0. The molecule has 0 bridgehead atoms. The molecule has 122 valence electrons. The molecule has 5 nitrogen and oxygen atoms in total. The summed E-state index contributed by atoms with van der Waals surface area (Å²) in [5.41, 5.74) is 6.33. The van der Waals surface area contributed by atoms with Gasteiger partial charge in [0.25, 0.3) is 0 Å². The van der Waals surface area contributed by atoms with E-state index in [1.807, 2.05) is 4.90 Å². The second kappa shape index (κ2) is 6.65. The van der Waals surface area contributed by atoms with Crippen LogP contribution in [0.2, 0.25) is 0 Å². The van der Waals surface area contributed by atoms with Gasteiger partial charge in [-0.1, -0.05) is 19.3 Å². The van der Waals surface area contributed by atoms with Gasteiger partial charge in [-0.2, -0.15) is 0 Å². The van der Waals surface area contributed by atoms with Crippen molar-refractivity contribution in [1.29, 1.82) is 0 Å². The fourth-order valence-electron chi connectivity index (χ4n) is 3.70. The van der Waals surface area contributed by atoms with Gasteiger partial charge in [-0.15, -0.1) is 0 Å². The van der Waals surface area contributed by atoms with Crippen LogP contribution in [-0.2, 0) is 14.6 Å². The maximum atomic E-state index is 12.3. The third kappa shape index (κ3) is 4.68. The molecule has 2 N–H and O–H groups in total. The number of carbonyl (C=O) groups excluding carboxylic acids is 1. The van der Waals surface area contributed by atoms with Crippen LogP contribution >= 0.6 is 0 Å². The fourth-order valence-corrected chi connectivity index (χ4v) is 4.38. The van der Waals surface area contributed by atoms with E-state index >= 15 is 0 Å². The molecule has 0 radical (unpaired) electrons. The molecule has 2 fully saturated rings. The van der Waals surface area contributed by atoms with Crippen molar-refractivity contribution in [2.75, 3.05) is 25.1 Å². The quantitative estimate of drug-likeness (QED) is 0.848. The van der Waals surface area contributed by atoms with E-state index in [0.29, 0.717) is 5.41 Å². The number of carbonyl (C=O) groups is 1. The van der Waals surface area contributed by atoms with E-state index in [1.165, 1.54) is 38.4 Å². The first-order chi connectivity index (χ1) is 9.81. The van der Waals surface area contributed by atoms with Gasteiger partial charge in [-0.25, -0.2) is 8.42 Å². The molecule has 6 heteroatoms. The molecular weight excluding hydrogens is 288 g/mol. The Hall–Kier alpha value is -0.620. The van der Waals surface area contributed by atoms with Gasteiger partial charge < -0.3 is 10.6 Å². The Labute approximate surface area is 128 Å². The monoisotopic (exact) mass is 316 g/mol. The lowest BCUT2D eigenvalue weighted by atomic mass is 9.68. The second-order valence-electron chi connectivity index (χ2n) is 6.91. The number of hydrogen-bond acceptors (Lipinski definition) is 4. The molecule has 1 aliphatic carbocycles. The number of nitrogens with two attached hydrogens (primary N) is 1. The molecule has 1 saturated carbocycles. The summed E-state index contributed by atoms with van der Waals surface area (Å²) in [6.07, 6.45) is 10.2. The Balaban J connectivity index is 1.82. The Kier molecular flexibility index (Phi) is 5.30. The zero-order valence-corrected chi connectivity index (χ0v) is 13.8. The summed E-state index contributed by atoms with van der Waals surface area (Å²) >= 11 is 0. The minimum absolute atomic E-state index is 0.0162. The average Bonchev–Trinajstić information content (AvgIpc) is 2.45. The number of rotatable bonds is 4. The predicted octanol–water partition coefficient (Wildman–Crippen LogP) is 1.32. The van der Waals surface area contributed by atoms with Crippen LogP contribution in [0.1, 0.15) is 51.4 Å². The van der Waals surface area contributed by atoms with Crippen molar-refractivity contribution in [3.8, 4) is 0 Å². The van der Waals surface area contributed by atoms with E-state index in [0.717, 1.165) is 25.9 Å². The number of likely N-dealkylation sites (tertiary alicyclic amines) is 1. The molecule has 0 aromatic heterocycles. The zero-order chi connectivity index (χ0) is 15.5. The van der Waals surface area contributed by atoms with E-state index in [2.05, 4.69) is 0 Å². The average molecular weight is 316 g/mol. The summed E-state index contributed by atoms with van der Waals surface area (Å²) < 4.78 is 22.3. The molecule has 1 atom stereocenters. The second-order valence-corrected chi connectivity index (χ2v) is 9.17. The largest absolute Gasteiger partial charge is 0.341 e. The van der Waals surface area contributed by atoms with Crippen molar-refractivity contribution in [3.05, 3.63) is 0 Å². The van der Waals surface area contributed by atoms with Gasteiger partial charge in [-0.3, -0.25) is 4.79 Å². The highest BCUT2D eigenvalue weighted by atomic mass is 32.2. The maximum Gasteiger partial charge on any atom is 0.239 e. The molecule has 1 spiro atoms. The van der Waals surface area contributed by atoms with Crippen molar-refractivity contribution in [2.45, 2.75) is 57.4 Å². The summed E-state index contributed by atoms with van der Waals surface area (Å²) in [5.74, 6) is -0.0955. The van der Waals surface area contributed by atoms with Crippen molar-refractivity contribution in [3.63, 3.8) is 0 Å². The number of piperidine rings is 1. The van der Waals surface area contributed by atoms with Crippen LogP contribution in [0.5, 0.6) is 0 Å². The summed E-state index contributed by atoms with van der Waals surface area (Å²) in [6, 6.07) is -0.680. The molecule has 0 unspecified atom stereocenters. The molecule has 2 aliphatic rings. The molecule has 2 rings (SSSR count). The molecule has 0 aromatic carbocycles. The maximum absolute atomic E-state index is 12.3. The number of sulfone groups is 1. The molecular formula is C15H28N2O3S. The van der Waals surface area contributed by atoms with Crippen LogP contribution in [0.25, 0.3) is 0 Å². The third-order valence-corrected chi connectivity index (χ3v) is 6.14. The molecule has 21 heavy (non-hydrogen) atoms. The van der Waals surface area contributed by atoms with Gasteiger partial charge in [0.1, 0.15) is 9.84 Å². The summed E-state index contributed by atoms with van der Waals surface area (Å²) in [6.45, 7) is 1.57. The van der Waals surface area contributed by atoms with E-state index in [4.69, 9.17) is 5.73 Å². The van der Waals surface area contributed by atoms with Crippen LogP contribution in [0, 0.1) is 5.41 Å². The SMILES string of the molecule is CS(=O)(=O)CC[C@@H](N)C(=O)N1CCC2(CCCCC2)CC1. The van der Waals surface area contributed by atoms with Gasteiger partial charge >= 0.3 is 0 Å². The minimum atomic E-state index is -3.06. The number of hydrogen-bond donors (Lipinski definition) is 1. The van der Waals surface area contributed by atoms with Gasteiger partial charge in [-0.05, 0) is 37.5 Å². The summed E-state index contributed by atoms with van der Waals surface area (Å²) in [4.78, 5) is 14.1. The van der Waals surface area contributed by atoms with Gasteiger partial charge in [0, 0.05) is 19.3 Å². The van der Waals surface area contributed by atoms with Crippen molar-refractivity contribution in [2.24, 2.45) is 11.1 Å². The summed E-state index contributed by atoms with van der Waals surface area (Å²) in [5, 5.41) is 0. The minimum Gasteiger partial charge on any atom is -0.341 e. The van der Waals surface area contributed by atoms with Crippen molar-refractivity contribution >= 4 is 15.7 Å². The Morgan fingerprint density at radius 3 is 2.24 bits per heavy atom. The van der Waals surface area contributed by atoms with E-state index in [-0.39, 0.29) is 18.1 Å². The Morgan fingerprint density at radius 1 is 1.14 bits per heavy atom. The van der Waals surface area contributed by atoms with Crippen LogP contribution in [0.3, 0.4) is 0 Å². The van der Waals surface area contributed by atoms with Gasteiger partial charge in [0.15, 0.2) is 0 Å². The van der Waals surface area contributed by atoms with E-state index in [9.17, 15) is 13.2 Å². The van der Waals surface area contributed by atoms with E-state index in [1.54, 1.807) is 0 Å². The smallest absolute Gasteiger partial charge is 0.239 e. The fraction of sp³-hybridized carbons (Fsp3) is 0.933. The van der Waals surface area contributed by atoms with Gasteiger partial charge in [0.05, 0.1) is 11.8 Å². The van der Waals surface area contributed by atoms with Crippen molar-refractivity contribution < 1.29 is 13.2 Å². The summed E-state index contributed by atoms with van der Waals surface area (Å²) in [7, 11) is -3.06. The molecule has 1 heterocycles. The normalized spacial score (nSPS) is 24.0. The molecule has 1 saturated heterocycles.